The van der Waals surface area contributed by atoms with Crippen molar-refractivity contribution < 1.29 is 0 Å². The van der Waals surface area contributed by atoms with Gasteiger partial charge < -0.3 is 10.2 Å². The number of likely N-dealkylation sites (tertiary alicyclic amines) is 1. The fourth-order valence-corrected chi connectivity index (χ4v) is 2.63. The Bertz CT molecular complexity index is 197. The van der Waals surface area contributed by atoms with Gasteiger partial charge in [-0.15, -0.1) is 0 Å². The molecule has 2 fully saturated rings. The van der Waals surface area contributed by atoms with E-state index in [-0.39, 0.29) is 0 Å². The fraction of sp³-hybridized carbons (Fsp3) is 1.00. The number of hydrogen-bond donors (Lipinski definition) is 1. The summed E-state index contributed by atoms with van der Waals surface area (Å²) in [6.45, 7) is 14.7. The van der Waals surface area contributed by atoms with Crippen LogP contribution in [0.15, 0.2) is 0 Å². The molecule has 0 radical (unpaired) electrons. The average Bonchev–Trinajstić information content (AvgIpc) is 2.57. The van der Waals surface area contributed by atoms with E-state index < -0.39 is 0 Å². The Hall–Kier alpha value is -0.120. The third-order valence-corrected chi connectivity index (χ3v) is 3.70. The molecule has 3 heteroatoms. The van der Waals surface area contributed by atoms with Crippen LogP contribution in [0.2, 0.25) is 0 Å². The van der Waals surface area contributed by atoms with Crippen LogP contribution in [0.3, 0.4) is 0 Å². The molecular formula is C12H25N3. The van der Waals surface area contributed by atoms with E-state index in [4.69, 9.17) is 0 Å². The van der Waals surface area contributed by atoms with Crippen LogP contribution in [0.25, 0.3) is 0 Å². The third-order valence-electron chi connectivity index (χ3n) is 3.70. The first-order valence-corrected chi connectivity index (χ1v) is 6.31. The Balaban J connectivity index is 1.65. The van der Waals surface area contributed by atoms with Gasteiger partial charge in [-0.25, -0.2) is 0 Å². The SMILES string of the molecule is CC1(C)CCN(CCN2CCNCC2)C1. The zero-order valence-electron chi connectivity index (χ0n) is 10.3. The van der Waals surface area contributed by atoms with Gasteiger partial charge in [0.25, 0.3) is 0 Å². The lowest BCUT2D eigenvalue weighted by molar-refractivity contribution is 0.197. The van der Waals surface area contributed by atoms with Crippen LogP contribution in [0.1, 0.15) is 20.3 Å². The molecule has 0 bridgehead atoms. The first kappa shape index (κ1) is 11.4. The molecule has 2 rings (SSSR count). The van der Waals surface area contributed by atoms with Crippen LogP contribution in [0, 0.1) is 5.41 Å². The van der Waals surface area contributed by atoms with E-state index in [1.807, 2.05) is 0 Å². The molecule has 0 aromatic carbocycles. The lowest BCUT2D eigenvalue weighted by Crippen LogP contribution is -2.46. The molecule has 0 aromatic heterocycles. The maximum Gasteiger partial charge on any atom is 0.0110 e. The van der Waals surface area contributed by atoms with E-state index >= 15 is 0 Å². The minimum Gasteiger partial charge on any atom is -0.314 e. The number of hydrogen-bond acceptors (Lipinski definition) is 3. The van der Waals surface area contributed by atoms with Gasteiger partial charge in [0, 0.05) is 45.8 Å². The summed E-state index contributed by atoms with van der Waals surface area (Å²) in [5, 5.41) is 3.40. The van der Waals surface area contributed by atoms with E-state index in [1.54, 1.807) is 0 Å². The highest BCUT2D eigenvalue weighted by atomic mass is 15.2. The van der Waals surface area contributed by atoms with Crippen molar-refractivity contribution in [2.24, 2.45) is 5.41 Å². The van der Waals surface area contributed by atoms with E-state index in [9.17, 15) is 0 Å². The first-order valence-electron chi connectivity index (χ1n) is 6.31. The van der Waals surface area contributed by atoms with Crippen LogP contribution in [0.4, 0.5) is 0 Å². The zero-order chi connectivity index (χ0) is 10.7. The molecule has 0 spiro atoms. The van der Waals surface area contributed by atoms with Crippen molar-refractivity contribution in [1.82, 2.24) is 15.1 Å². The van der Waals surface area contributed by atoms with Crippen molar-refractivity contribution in [1.29, 1.82) is 0 Å². The van der Waals surface area contributed by atoms with Gasteiger partial charge in [0.2, 0.25) is 0 Å². The minimum atomic E-state index is 0.559. The summed E-state index contributed by atoms with van der Waals surface area (Å²) in [4.78, 5) is 5.21. The molecule has 2 saturated heterocycles. The van der Waals surface area contributed by atoms with Crippen molar-refractivity contribution in [2.45, 2.75) is 20.3 Å². The van der Waals surface area contributed by atoms with Crippen LogP contribution in [-0.2, 0) is 0 Å². The molecule has 0 unspecified atom stereocenters. The molecule has 15 heavy (non-hydrogen) atoms. The standard InChI is InChI=1S/C12H25N3/c1-12(2)3-6-15(11-12)10-9-14-7-4-13-5-8-14/h13H,3-11H2,1-2H3. The molecular weight excluding hydrogens is 186 g/mol. The van der Waals surface area contributed by atoms with Crippen LogP contribution < -0.4 is 5.32 Å². The Morgan fingerprint density at radius 1 is 1.00 bits per heavy atom. The largest absolute Gasteiger partial charge is 0.314 e. The summed E-state index contributed by atoms with van der Waals surface area (Å²) in [7, 11) is 0. The van der Waals surface area contributed by atoms with Crippen molar-refractivity contribution in [2.75, 3.05) is 52.4 Å². The molecule has 0 aliphatic carbocycles. The quantitative estimate of drug-likeness (QED) is 0.738. The normalized spacial score (nSPS) is 28.4. The smallest absolute Gasteiger partial charge is 0.0110 e. The van der Waals surface area contributed by atoms with Crippen molar-refractivity contribution >= 4 is 0 Å². The fourth-order valence-electron chi connectivity index (χ4n) is 2.63. The summed E-state index contributed by atoms with van der Waals surface area (Å²) >= 11 is 0. The maximum atomic E-state index is 3.40. The molecule has 0 saturated carbocycles. The summed E-state index contributed by atoms with van der Waals surface area (Å²) < 4.78 is 0. The molecule has 2 aliphatic heterocycles. The van der Waals surface area contributed by atoms with Crippen LogP contribution in [0.5, 0.6) is 0 Å². The Morgan fingerprint density at radius 3 is 2.27 bits per heavy atom. The van der Waals surface area contributed by atoms with E-state index in [1.165, 1.54) is 58.8 Å². The maximum absolute atomic E-state index is 3.40. The Labute approximate surface area is 93.8 Å². The second-order valence-electron chi connectivity index (χ2n) is 5.78. The van der Waals surface area contributed by atoms with Gasteiger partial charge in [-0.05, 0) is 18.4 Å². The topological polar surface area (TPSA) is 18.5 Å². The molecule has 88 valence electrons. The molecule has 1 N–H and O–H groups in total. The summed E-state index contributed by atoms with van der Waals surface area (Å²) in [5.41, 5.74) is 0.559. The molecule has 2 heterocycles. The van der Waals surface area contributed by atoms with E-state index in [0.29, 0.717) is 5.41 Å². The third kappa shape index (κ3) is 3.44. The van der Waals surface area contributed by atoms with Gasteiger partial charge >= 0.3 is 0 Å². The average molecular weight is 211 g/mol. The number of rotatable bonds is 3. The zero-order valence-corrected chi connectivity index (χ0v) is 10.3. The molecule has 3 nitrogen and oxygen atoms in total. The van der Waals surface area contributed by atoms with Crippen LogP contribution >= 0.6 is 0 Å². The Morgan fingerprint density at radius 2 is 1.67 bits per heavy atom. The predicted octanol–water partition coefficient (Wildman–Crippen LogP) is 0.624. The second kappa shape index (κ2) is 4.81. The van der Waals surface area contributed by atoms with Crippen LogP contribution in [-0.4, -0.2) is 62.2 Å². The first-order chi connectivity index (χ1) is 7.16. The molecule has 2 aliphatic rings. The predicted molar refractivity (Wildman–Crippen MR) is 64.1 cm³/mol. The number of nitrogens with one attached hydrogen (secondary N) is 1. The highest BCUT2D eigenvalue weighted by Crippen LogP contribution is 2.28. The summed E-state index contributed by atoms with van der Waals surface area (Å²) in [6.07, 6.45) is 1.37. The number of piperazine rings is 1. The Kier molecular flexibility index (Phi) is 3.65. The van der Waals surface area contributed by atoms with Gasteiger partial charge in [-0.1, -0.05) is 13.8 Å². The van der Waals surface area contributed by atoms with E-state index in [2.05, 4.69) is 29.0 Å². The lowest BCUT2D eigenvalue weighted by Gasteiger charge is -2.29. The molecule has 0 atom stereocenters. The molecule has 0 aromatic rings. The van der Waals surface area contributed by atoms with Crippen molar-refractivity contribution in [3.8, 4) is 0 Å². The van der Waals surface area contributed by atoms with Gasteiger partial charge in [0.15, 0.2) is 0 Å². The lowest BCUT2D eigenvalue weighted by atomic mass is 9.93. The van der Waals surface area contributed by atoms with Gasteiger partial charge in [-0.3, -0.25) is 4.90 Å². The van der Waals surface area contributed by atoms with Gasteiger partial charge in [0.05, 0.1) is 0 Å². The molecule has 0 amide bonds. The summed E-state index contributed by atoms with van der Waals surface area (Å²) in [5.74, 6) is 0. The number of nitrogens with zero attached hydrogens (tertiary/aromatic N) is 2. The van der Waals surface area contributed by atoms with Gasteiger partial charge in [-0.2, -0.15) is 0 Å². The van der Waals surface area contributed by atoms with E-state index in [0.717, 1.165) is 0 Å². The van der Waals surface area contributed by atoms with Gasteiger partial charge in [0.1, 0.15) is 0 Å². The highest BCUT2D eigenvalue weighted by molar-refractivity contribution is 4.83. The van der Waals surface area contributed by atoms with Crippen molar-refractivity contribution in [3.63, 3.8) is 0 Å². The summed E-state index contributed by atoms with van der Waals surface area (Å²) in [6, 6.07) is 0. The monoisotopic (exact) mass is 211 g/mol. The van der Waals surface area contributed by atoms with Crippen molar-refractivity contribution in [3.05, 3.63) is 0 Å². The minimum absolute atomic E-state index is 0.559. The highest BCUT2D eigenvalue weighted by Gasteiger charge is 2.28. The second-order valence-corrected chi connectivity index (χ2v) is 5.78.